The average molecular weight is 433 g/mol. The molecule has 0 saturated carbocycles. The van der Waals surface area contributed by atoms with Gasteiger partial charge in [-0.05, 0) is 62.1 Å². The molecule has 0 radical (unpaired) electrons. The third-order valence-corrected chi connectivity index (χ3v) is 6.37. The Kier molecular flexibility index (Phi) is 6.26. The fraction of sp³-hybridized carbons (Fsp3) is 0.409. The maximum atomic E-state index is 12.7. The van der Waals surface area contributed by atoms with Gasteiger partial charge < -0.3 is 14.8 Å². The highest BCUT2D eigenvalue weighted by atomic mass is 32.2. The number of fused-ring (bicyclic) bond motifs is 1. The number of nitrogens with zero attached hydrogens (tertiary/aromatic N) is 1. The second-order valence-electron chi connectivity index (χ2n) is 7.68. The van der Waals surface area contributed by atoms with E-state index in [1.807, 2.05) is 27.7 Å². The molecule has 0 unspecified atom stereocenters. The van der Waals surface area contributed by atoms with Gasteiger partial charge in [-0.3, -0.25) is 9.10 Å². The predicted octanol–water partition coefficient (Wildman–Crippen LogP) is 3.03. The number of ether oxygens (including phenoxy) is 2. The van der Waals surface area contributed by atoms with Crippen LogP contribution in [0.5, 0.6) is 11.5 Å². The number of amides is 1. The van der Waals surface area contributed by atoms with E-state index in [1.54, 1.807) is 18.2 Å². The Bertz CT molecular complexity index is 1070. The topological polar surface area (TPSA) is 84.9 Å². The van der Waals surface area contributed by atoms with E-state index in [0.29, 0.717) is 30.4 Å². The SMILES string of the molecule is Cc1cc(C)c([C@H](C)NC(=O)CN(c2ccc3c(c2)OCCO3)S(C)(=O)=O)cc1C. The molecule has 1 N–H and O–H groups in total. The molecule has 0 aliphatic carbocycles. The van der Waals surface area contributed by atoms with Crippen LogP contribution in [0.25, 0.3) is 0 Å². The molecule has 3 rings (SSSR count). The summed E-state index contributed by atoms with van der Waals surface area (Å²) in [6, 6.07) is 8.74. The predicted molar refractivity (Wildman–Crippen MR) is 117 cm³/mol. The summed E-state index contributed by atoms with van der Waals surface area (Å²) < 4.78 is 36.9. The minimum atomic E-state index is -3.68. The summed E-state index contributed by atoms with van der Waals surface area (Å²) in [5.41, 5.74) is 4.78. The average Bonchev–Trinajstić information content (AvgIpc) is 2.67. The number of nitrogens with one attached hydrogen (secondary N) is 1. The Hall–Kier alpha value is -2.74. The molecule has 0 aromatic heterocycles. The molecule has 0 spiro atoms. The monoisotopic (exact) mass is 432 g/mol. The molecular weight excluding hydrogens is 404 g/mol. The van der Waals surface area contributed by atoms with Crippen molar-refractivity contribution in [2.75, 3.05) is 30.3 Å². The molecule has 1 atom stereocenters. The van der Waals surface area contributed by atoms with Gasteiger partial charge in [-0.2, -0.15) is 0 Å². The minimum Gasteiger partial charge on any atom is -0.486 e. The van der Waals surface area contributed by atoms with Crippen LogP contribution in [0, 0.1) is 20.8 Å². The van der Waals surface area contributed by atoms with Crippen molar-refractivity contribution in [3.8, 4) is 11.5 Å². The molecule has 1 amide bonds. The highest BCUT2D eigenvalue weighted by Crippen LogP contribution is 2.34. The summed E-state index contributed by atoms with van der Waals surface area (Å²) in [4.78, 5) is 12.7. The first-order valence-corrected chi connectivity index (χ1v) is 11.7. The van der Waals surface area contributed by atoms with Crippen molar-refractivity contribution in [1.82, 2.24) is 5.32 Å². The highest BCUT2D eigenvalue weighted by Gasteiger charge is 2.24. The zero-order valence-corrected chi connectivity index (χ0v) is 18.8. The van der Waals surface area contributed by atoms with Crippen LogP contribution in [0.2, 0.25) is 0 Å². The normalized spacial score (nSPS) is 14.2. The molecule has 0 fully saturated rings. The Balaban J connectivity index is 1.79. The second kappa shape index (κ2) is 8.55. The van der Waals surface area contributed by atoms with E-state index in [2.05, 4.69) is 17.4 Å². The van der Waals surface area contributed by atoms with Crippen molar-refractivity contribution in [3.05, 3.63) is 52.6 Å². The van der Waals surface area contributed by atoms with E-state index >= 15 is 0 Å². The molecule has 1 aliphatic rings. The van der Waals surface area contributed by atoms with Gasteiger partial charge in [-0.1, -0.05) is 12.1 Å². The number of aryl methyl sites for hydroxylation is 3. The summed E-state index contributed by atoms with van der Waals surface area (Å²) >= 11 is 0. The van der Waals surface area contributed by atoms with Crippen LogP contribution in [0.15, 0.2) is 30.3 Å². The number of hydrogen-bond donors (Lipinski definition) is 1. The zero-order chi connectivity index (χ0) is 22.1. The molecule has 162 valence electrons. The van der Waals surface area contributed by atoms with Gasteiger partial charge in [-0.25, -0.2) is 8.42 Å². The van der Waals surface area contributed by atoms with Crippen LogP contribution >= 0.6 is 0 Å². The number of rotatable bonds is 6. The smallest absolute Gasteiger partial charge is 0.241 e. The number of carbonyl (C=O) groups is 1. The molecule has 1 aliphatic heterocycles. The Morgan fingerprint density at radius 2 is 1.67 bits per heavy atom. The lowest BCUT2D eigenvalue weighted by atomic mass is 9.96. The van der Waals surface area contributed by atoms with E-state index in [1.165, 1.54) is 5.56 Å². The van der Waals surface area contributed by atoms with Crippen LogP contribution in [0.3, 0.4) is 0 Å². The van der Waals surface area contributed by atoms with Gasteiger partial charge in [0.1, 0.15) is 19.8 Å². The molecule has 8 heteroatoms. The first-order valence-electron chi connectivity index (χ1n) is 9.80. The van der Waals surface area contributed by atoms with Crippen LogP contribution in [-0.2, 0) is 14.8 Å². The van der Waals surface area contributed by atoms with Crippen LogP contribution in [-0.4, -0.2) is 40.3 Å². The third-order valence-electron chi connectivity index (χ3n) is 5.23. The number of hydrogen-bond acceptors (Lipinski definition) is 5. The van der Waals surface area contributed by atoms with Crippen LogP contribution in [0.4, 0.5) is 5.69 Å². The fourth-order valence-electron chi connectivity index (χ4n) is 3.53. The maximum Gasteiger partial charge on any atom is 0.241 e. The van der Waals surface area contributed by atoms with Crippen LogP contribution in [0.1, 0.15) is 35.2 Å². The number of anilines is 1. The van der Waals surface area contributed by atoms with E-state index in [9.17, 15) is 13.2 Å². The van der Waals surface area contributed by atoms with E-state index in [4.69, 9.17) is 9.47 Å². The lowest BCUT2D eigenvalue weighted by molar-refractivity contribution is -0.120. The van der Waals surface area contributed by atoms with E-state index < -0.39 is 10.0 Å². The molecule has 0 saturated heterocycles. The summed E-state index contributed by atoms with van der Waals surface area (Å²) in [6.07, 6.45) is 1.08. The fourth-order valence-corrected chi connectivity index (χ4v) is 4.38. The summed E-state index contributed by atoms with van der Waals surface area (Å²) in [6.45, 7) is 8.48. The lowest BCUT2D eigenvalue weighted by Crippen LogP contribution is -2.41. The maximum absolute atomic E-state index is 12.7. The third kappa shape index (κ3) is 4.87. The number of benzene rings is 2. The molecule has 0 bridgehead atoms. The van der Waals surface area contributed by atoms with Gasteiger partial charge in [-0.15, -0.1) is 0 Å². The molecule has 7 nitrogen and oxygen atoms in total. The summed E-state index contributed by atoms with van der Waals surface area (Å²) in [5, 5.41) is 2.92. The molecule has 2 aromatic carbocycles. The van der Waals surface area contributed by atoms with Gasteiger partial charge in [0.2, 0.25) is 15.9 Å². The largest absolute Gasteiger partial charge is 0.486 e. The zero-order valence-electron chi connectivity index (χ0n) is 18.0. The first-order chi connectivity index (χ1) is 14.1. The van der Waals surface area contributed by atoms with Gasteiger partial charge in [0.15, 0.2) is 11.5 Å². The Morgan fingerprint density at radius 3 is 2.33 bits per heavy atom. The van der Waals surface area contributed by atoms with Crippen molar-refractivity contribution in [1.29, 1.82) is 0 Å². The summed E-state index contributed by atoms with van der Waals surface area (Å²) in [5.74, 6) is 0.633. The Labute approximate surface area is 178 Å². The minimum absolute atomic E-state index is 0.251. The van der Waals surface area contributed by atoms with Crippen LogP contribution < -0.4 is 19.1 Å². The van der Waals surface area contributed by atoms with E-state index in [-0.39, 0.29) is 18.5 Å². The van der Waals surface area contributed by atoms with Crippen molar-refractivity contribution in [2.24, 2.45) is 0 Å². The first kappa shape index (κ1) is 22.0. The molecule has 30 heavy (non-hydrogen) atoms. The van der Waals surface area contributed by atoms with E-state index in [0.717, 1.165) is 27.3 Å². The number of carbonyl (C=O) groups excluding carboxylic acids is 1. The van der Waals surface area contributed by atoms with Gasteiger partial charge >= 0.3 is 0 Å². The molecular formula is C22H28N2O5S. The Morgan fingerprint density at radius 1 is 1.03 bits per heavy atom. The van der Waals surface area contributed by atoms with Crippen molar-refractivity contribution >= 4 is 21.6 Å². The number of sulfonamides is 1. The van der Waals surface area contributed by atoms with Gasteiger partial charge in [0.25, 0.3) is 0 Å². The quantitative estimate of drug-likeness (QED) is 0.758. The second-order valence-corrected chi connectivity index (χ2v) is 9.59. The standard InChI is InChI=1S/C22H28N2O5S/c1-14-10-16(3)19(11-15(14)2)17(4)23-22(25)13-24(30(5,26)27)18-6-7-20-21(12-18)29-9-8-28-20/h6-7,10-12,17H,8-9,13H2,1-5H3,(H,23,25)/t17-/m0/s1. The molecule has 1 heterocycles. The van der Waals surface area contributed by atoms with Crippen molar-refractivity contribution < 1.29 is 22.7 Å². The highest BCUT2D eigenvalue weighted by molar-refractivity contribution is 7.92. The van der Waals surface area contributed by atoms with Crippen molar-refractivity contribution in [3.63, 3.8) is 0 Å². The molecule has 2 aromatic rings. The summed E-state index contributed by atoms with van der Waals surface area (Å²) in [7, 11) is -3.68. The lowest BCUT2D eigenvalue weighted by Gasteiger charge is -2.26. The van der Waals surface area contributed by atoms with Gasteiger partial charge in [0, 0.05) is 6.07 Å². The van der Waals surface area contributed by atoms with Gasteiger partial charge in [0.05, 0.1) is 18.0 Å². The van der Waals surface area contributed by atoms with Crippen molar-refractivity contribution in [2.45, 2.75) is 33.7 Å².